The first kappa shape index (κ1) is 12.0. The summed E-state index contributed by atoms with van der Waals surface area (Å²) in [6.45, 7) is 3.91. The molecule has 3 heteroatoms. The summed E-state index contributed by atoms with van der Waals surface area (Å²) in [5, 5.41) is 4.20. The number of carbonyl (C=O) groups is 1. The van der Waals surface area contributed by atoms with Gasteiger partial charge < -0.3 is 4.74 Å². The van der Waals surface area contributed by atoms with Crippen molar-refractivity contribution in [3.8, 4) is 0 Å². The van der Waals surface area contributed by atoms with Crippen LogP contribution < -0.4 is 0 Å². The summed E-state index contributed by atoms with van der Waals surface area (Å²) >= 11 is 0. The minimum absolute atomic E-state index is 0.0620. The van der Waals surface area contributed by atoms with Gasteiger partial charge in [0.15, 0.2) is 0 Å². The molecule has 1 aliphatic rings. The molecule has 0 aromatic heterocycles. The molecule has 0 saturated heterocycles. The van der Waals surface area contributed by atoms with E-state index >= 15 is 0 Å². The van der Waals surface area contributed by atoms with Gasteiger partial charge in [0.2, 0.25) is 0 Å². The van der Waals surface area contributed by atoms with Crippen molar-refractivity contribution in [2.45, 2.75) is 19.3 Å². The van der Waals surface area contributed by atoms with E-state index in [1.807, 2.05) is 44.2 Å². The Bertz CT molecular complexity index is 465. The van der Waals surface area contributed by atoms with Gasteiger partial charge in [-0.25, -0.2) is 4.79 Å². The summed E-state index contributed by atoms with van der Waals surface area (Å²) in [6.07, 6.45) is 4.01. The molecule has 1 aliphatic heterocycles. The Kier molecular flexibility index (Phi) is 3.69. The third kappa shape index (κ3) is 3.01. The van der Waals surface area contributed by atoms with E-state index in [-0.39, 0.29) is 11.4 Å². The van der Waals surface area contributed by atoms with Crippen molar-refractivity contribution in [2.75, 3.05) is 0 Å². The number of hydrogen-bond donors (Lipinski definition) is 1. The maximum absolute atomic E-state index is 11.9. The third-order valence-corrected chi connectivity index (χ3v) is 4.56. The van der Waals surface area contributed by atoms with E-state index in [0.717, 1.165) is 5.56 Å². The Balaban J connectivity index is 2.01. The minimum atomic E-state index is -0.441. The van der Waals surface area contributed by atoms with Crippen LogP contribution in [0.3, 0.4) is 0 Å². The van der Waals surface area contributed by atoms with Gasteiger partial charge in [0.25, 0.3) is 0 Å². The Hall–Kier alpha value is -1.48. The van der Waals surface area contributed by atoms with E-state index in [4.69, 9.17) is 4.74 Å². The maximum atomic E-state index is 11.9. The van der Waals surface area contributed by atoms with Crippen molar-refractivity contribution in [3.05, 3.63) is 58.4 Å². The van der Waals surface area contributed by atoms with Gasteiger partial charge in [-0.05, 0) is 36.8 Å². The molecule has 0 aliphatic carbocycles. The Morgan fingerprint density at radius 1 is 1.29 bits per heavy atom. The monoisotopic (exact) mass is 248 g/mol. The molecule has 0 fully saturated rings. The molecule has 1 aromatic carbocycles. The number of allylic oxidation sites excluding steroid dienone is 2. The first-order chi connectivity index (χ1) is 8.16. The number of ether oxygens (including phenoxy) is 1. The number of thiol groups is 1. The lowest BCUT2D eigenvalue weighted by Gasteiger charge is -2.20. The molecule has 90 valence electrons. The third-order valence-electron chi connectivity index (χ3n) is 2.58. The zero-order valence-corrected chi connectivity index (χ0v) is 10.9. The number of rotatable bonds is 3. The second kappa shape index (κ2) is 5.23. The maximum Gasteiger partial charge on any atom is 0.339 e. The van der Waals surface area contributed by atoms with Gasteiger partial charge in [0.1, 0.15) is 5.44 Å². The fourth-order valence-electron chi connectivity index (χ4n) is 1.65. The van der Waals surface area contributed by atoms with Crippen LogP contribution in [0.1, 0.15) is 22.8 Å². The van der Waals surface area contributed by atoms with Crippen LogP contribution >= 0.6 is 10.9 Å². The van der Waals surface area contributed by atoms with Crippen LogP contribution in [0.25, 0.3) is 0 Å². The van der Waals surface area contributed by atoms with Crippen LogP contribution in [0.4, 0.5) is 0 Å². The van der Waals surface area contributed by atoms with Crippen LogP contribution in [0.5, 0.6) is 0 Å². The molecule has 0 saturated carbocycles. The molecule has 2 nitrogen and oxygen atoms in total. The van der Waals surface area contributed by atoms with Crippen molar-refractivity contribution in [1.82, 2.24) is 0 Å². The topological polar surface area (TPSA) is 26.3 Å². The molecule has 0 N–H and O–H groups in total. The first-order valence-electron chi connectivity index (χ1n) is 5.57. The second-order valence-corrected chi connectivity index (χ2v) is 6.22. The number of carbonyl (C=O) groups excluding carboxylic acids is 1. The molecular formula is C14H16O2S. The van der Waals surface area contributed by atoms with Gasteiger partial charge in [-0.2, -0.15) is 10.9 Å². The second-order valence-electron chi connectivity index (χ2n) is 4.00. The van der Waals surface area contributed by atoms with Crippen LogP contribution in [-0.2, 0) is 4.74 Å². The normalized spacial score (nSPS) is 17.2. The molecule has 0 radical (unpaired) electrons. The Labute approximate surface area is 104 Å². The van der Waals surface area contributed by atoms with E-state index in [1.54, 1.807) is 6.07 Å². The lowest BCUT2D eigenvalue weighted by atomic mass is 10.1. The van der Waals surface area contributed by atoms with Crippen molar-refractivity contribution >= 4 is 16.9 Å². The summed E-state index contributed by atoms with van der Waals surface area (Å²) in [6, 6.07) is 7.47. The summed E-state index contributed by atoms with van der Waals surface area (Å²) in [7, 11) is -0.441. The number of aryl methyl sites for hydroxylation is 1. The predicted molar refractivity (Wildman–Crippen MR) is 73.3 cm³/mol. The zero-order chi connectivity index (χ0) is 12.3. The largest absolute Gasteiger partial charge is 0.449 e. The molecular weight excluding hydrogens is 232 g/mol. The van der Waals surface area contributed by atoms with Gasteiger partial charge in [-0.15, -0.1) is 0 Å². The SMILES string of the molecule is Cc1cccc(C(=O)OC(C)[SH]2C=CC=C2)c1. The van der Waals surface area contributed by atoms with E-state index in [0.29, 0.717) is 5.56 Å². The van der Waals surface area contributed by atoms with Gasteiger partial charge in [0, 0.05) is 0 Å². The molecule has 2 rings (SSSR count). The predicted octanol–water partition coefficient (Wildman–Crippen LogP) is 3.54. The fourth-order valence-corrected chi connectivity index (χ4v) is 3.04. The van der Waals surface area contributed by atoms with Gasteiger partial charge in [-0.1, -0.05) is 29.8 Å². The van der Waals surface area contributed by atoms with Gasteiger partial charge in [-0.3, -0.25) is 0 Å². The molecule has 1 aromatic rings. The minimum Gasteiger partial charge on any atom is -0.449 e. The van der Waals surface area contributed by atoms with Crippen LogP contribution in [-0.4, -0.2) is 11.4 Å². The van der Waals surface area contributed by atoms with Gasteiger partial charge >= 0.3 is 5.97 Å². The highest BCUT2D eigenvalue weighted by atomic mass is 32.2. The van der Waals surface area contributed by atoms with E-state index in [9.17, 15) is 4.79 Å². The number of benzene rings is 1. The highest BCUT2D eigenvalue weighted by molar-refractivity contribution is 8.22. The summed E-state index contributed by atoms with van der Waals surface area (Å²) < 4.78 is 5.46. The van der Waals surface area contributed by atoms with Crippen molar-refractivity contribution in [3.63, 3.8) is 0 Å². The standard InChI is InChI=1S/C14H16O2S/c1-11-6-5-7-13(10-11)14(15)16-12(2)17-8-3-4-9-17/h3-10,12,17H,1-2H3. The van der Waals surface area contributed by atoms with E-state index in [1.165, 1.54) is 0 Å². The highest BCUT2D eigenvalue weighted by Gasteiger charge is 2.16. The number of hydrogen-bond acceptors (Lipinski definition) is 2. The molecule has 0 amide bonds. The fraction of sp³-hybridized carbons (Fsp3) is 0.214. The molecule has 1 heterocycles. The average molecular weight is 248 g/mol. The first-order valence-corrected chi connectivity index (χ1v) is 7.12. The van der Waals surface area contributed by atoms with Crippen LogP contribution in [0, 0.1) is 6.92 Å². The van der Waals surface area contributed by atoms with Crippen molar-refractivity contribution < 1.29 is 9.53 Å². The van der Waals surface area contributed by atoms with Crippen molar-refractivity contribution in [1.29, 1.82) is 0 Å². The molecule has 0 bridgehead atoms. The summed E-state index contributed by atoms with van der Waals surface area (Å²) in [5.74, 6) is -0.239. The van der Waals surface area contributed by atoms with Gasteiger partial charge in [0.05, 0.1) is 5.56 Å². The van der Waals surface area contributed by atoms with Crippen LogP contribution in [0.2, 0.25) is 0 Å². The number of esters is 1. The average Bonchev–Trinajstić information content (AvgIpc) is 2.82. The van der Waals surface area contributed by atoms with Crippen LogP contribution in [0.15, 0.2) is 47.2 Å². The Morgan fingerprint density at radius 3 is 2.65 bits per heavy atom. The highest BCUT2D eigenvalue weighted by Crippen LogP contribution is 2.38. The lowest BCUT2D eigenvalue weighted by Crippen LogP contribution is -2.13. The molecule has 0 spiro atoms. The summed E-state index contributed by atoms with van der Waals surface area (Å²) in [5.41, 5.74) is 1.63. The molecule has 1 atom stereocenters. The van der Waals surface area contributed by atoms with E-state index in [2.05, 4.69) is 10.8 Å². The smallest absolute Gasteiger partial charge is 0.339 e. The quantitative estimate of drug-likeness (QED) is 0.654. The van der Waals surface area contributed by atoms with E-state index < -0.39 is 10.9 Å². The lowest BCUT2D eigenvalue weighted by molar-refractivity contribution is 0.0481. The zero-order valence-electron chi connectivity index (χ0n) is 9.96. The van der Waals surface area contributed by atoms with Crippen molar-refractivity contribution in [2.24, 2.45) is 0 Å². The Morgan fingerprint density at radius 2 is 2.00 bits per heavy atom. The molecule has 1 unspecified atom stereocenters. The summed E-state index contributed by atoms with van der Waals surface area (Å²) in [4.78, 5) is 11.9. The molecule has 17 heavy (non-hydrogen) atoms.